The van der Waals surface area contributed by atoms with E-state index in [-0.39, 0.29) is 11.3 Å². The van der Waals surface area contributed by atoms with E-state index in [1.54, 1.807) is 14.2 Å². The Balaban J connectivity index is 1.97. The number of benzene rings is 2. The van der Waals surface area contributed by atoms with Crippen molar-refractivity contribution < 1.29 is 18.7 Å². The van der Waals surface area contributed by atoms with Gasteiger partial charge in [-0.2, -0.15) is 0 Å². The van der Waals surface area contributed by atoms with Crippen molar-refractivity contribution in [1.82, 2.24) is 4.98 Å². The Morgan fingerprint density at radius 2 is 1.41 bits per heavy atom. The molecule has 2 aromatic carbocycles. The molecule has 0 amide bonds. The average molecular weight is 394 g/mol. The molecule has 0 N–H and O–H groups in total. The zero-order valence-electron chi connectivity index (χ0n) is 16.7. The fraction of sp³-hybridized carbons (Fsp3) is 0.217. The van der Waals surface area contributed by atoms with Crippen LogP contribution in [0, 0.1) is 5.82 Å². The van der Waals surface area contributed by atoms with E-state index in [0.29, 0.717) is 18.9 Å². The Labute approximate surface area is 169 Å². The van der Waals surface area contributed by atoms with Gasteiger partial charge in [-0.15, -0.1) is 0 Å². The van der Waals surface area contributed by atoms with Crippen molar-refractivity contribution in [3.8, 4) is 11.5 Å². The molecule has 0 aliphatic heterocycles. The second kappa shape index (κ2) is 9.19. The van der Waals surface area contributed by atoms with Crippen LogP contribution in [-0.4, -0.2) is 25.0 Å². The van der Waals surface area contributed by atoms with E-state index in [4.69, 9.17) is 9.47 Å². The first-order chi connectivity index (χ1) is 14.0. The second-order valence-electron chi connectivity index (χ2n) is 6.63. The van der Waals surface area contributed by atoms with Crippen molar-refractivity contribution in [1.29, 1.82) is 0 Å². The normalized spacial score (nSPS) is 10.5. The first-order valence-electron chi connectivity index (χ1n) is 9.17. The summed E-state index contributed by atoms with van der Waals surface area (Å²) in [5, 5.41) is 0. The predicted molar refractivity (Wildman–Crippen MR) is 110 cm³/mol. The summed E-state index contributed by atoms with van der Waals surface area (Å²) < 4.78 is 24.2. The minimum atomic E-state index is -0.534. The van der Waals surface area contributed by atoms with E-state index < -0.39 is 5.82 Å². The van der Waals surface area contributed by atoms with Gasteiger partial charge in [0.1, 0.15) is 23.1 Å². The molecule has 0 aliphatic carbocycles. The minimum Gasteiger partial charge on any atom is -0.497 e. The van der Waals surface area contributed by atoms with Crippen molar-refractivity contribution in [2.45, 2.75) is 20.0 Å². The highest BCUT2D eigenvalue weighted by atomic mass is 19.1. The van der Waals surface area contributed by atoms with Gasteiger partial charge in [0.05, 0.1) is 26.0 Å². The Bertz CT molecular complexity index is 923. The molecule has 0 unspecified atom stereocenters. The van der Waals surface area contributed by atoms with Crippen molar-refractivity contribution in [2.24, 2.45) is 0 Å². The highest BCUT2D eigenvalue weighted by molar-refractivity contribution is 5.98. The van der Waals surface area contributed by atoms with Gasteiger partial charge < -0.3 is 14.4 Å². The molecule has 0 aliphatic rings. The lowest BCUT2D eigenvalue weighted by Gasteiger charge is -2.26. The number of anilines is 1. The van der Waals surface area contributed by atoms with Gasteiger partial charge in [-0.25, -0.2) is 9.37 Å². The number of hydrogen-bond donors (Lipinski definition) is 0. The van der Waals surface area contributed by atoms with Crippen LogP contribution in [0.4, 0.5) is 10.2 Å². The van der Waals surface area contributed by atoms with Crippen molar-refractivity contribution in [3.05, 3.63) is 83.3 Å². The number of carbonyl (C=O) groups is 1. The third-order valence-corrected chi connectivity index (χ3v) is 4.58. The highest BCUT2D eigenvalue weighted by Crippen LogP contribution is 2.25. The quantitative estimate of drug-likeness (QED) is 0.521. The van der Waals surface area contributed by atoms with Crippen LogP contribution in [0.1, 0.15) is 28.4 Å². The van der Waals surface area contributed by atoms with Crippen molar-refractivity contribution in [2.75, 3.05) is 19.1 Å². The molecule has 3 rings (SSSR count). The van der Waals surface area contributed by atoms with Gasteiger partial charge in [-0.3, -0.25) is 4.79 Å². The summed E-state index contributed by atoms with van der Waals surface area (Å²) in [6.45, 7) is 2.41. The van der Waals surface area contributed by atoms with E-state index >= 15 is 0 Å². The number of pyridine rings is 1. The van der Waals surface area contributed by atoms with Gasteiger partial charge in [0.15, 0.2) is 5.78 Å². The Morgan fingerprint density at radius 3 is 1.83 bits per heavy atom. The number of carbonyl (C=O) groups excluding carboxylic acids is 1. The minimum absolute atomic E-state index is 0.235. The number of ether oxygens (including phenoxy) is 2. The smallest absolute Gasteiger partial charge is 0.163 e. The molecule has 29 heavy (non-hydrogen) atoms. The first-order valence-corrected chi connectivity index (χ1v) is 9.17. The molecule has 0 radical (unpaired) electrons. The summed E-state index contributed by atoms with van der Waals surface area (Å²) >= 11 is 0. The lowest BCUT2D eigenvalue weighted by molar-refractivity contribution is 0.101. The van der Waals surface area contributed by atoms with Gasteiger partial charge in [0.25, 0.3) is 0 Å². The van der Waals surface area contributed by atoms with E-state index in [0.717, 1.165) is 28.8 Å². The molecule has 5 nitrogen and oxygen atoms in total. The van der Waals surface area contributed by atoms with Gasteiger partial charge >= 0.3 is 0 Å². The molecule has 0 fully saturated rings. The zero-order valence-corrected chi connectivity index (χ0v) is 16.7. The number of methoxy groups -OCH3 is 2. The van der Waals surface area contributed by atoms with E-state index in [1.165, 1.54) is 13.0 Å². The third kappa shape index (κ3) is 5.10. The molecule has 150 valence electrons. The highest BCUT2D eigenvalue weighted by Gasteiger charge is 2.18. The molecule has 0 bridgehead atoms. The van der Waals surface area contributed by atoms with Gasteiger partial charge in [0, 0.05) is 13.1 Å². The largest absolute Gasteiger partial charge is 0.497 e. The maximum Gasteiger partial charge on any atom is 0.163 e. The Hall–Kier alpha value is -3.41. The van der Waals surface area contributed by atoms with Crippen LogP contribution in [-0.2, 0) is 13.1 Å². The molecule has 1 heterocycles. The van der Waals surface area contributed by atoms with Crippen LogP contribution in [0.15, 0.2) is 60.8 Å². The predicted octanol–water partition coefficient (Wildman–Crippen LogP) is 4.65. The number of rotatable bonds is 8. The number of hydrogen-bond acceptors (Lipinski definition) is 5. The molecule has 0 atom stereocenters. The van der Waals surface area contributed by atoms with E-state index in [1.807, 2.05) is 53.4 Å². The fourth-order valence-corrected chi connectivity index (χ4v) is 3.05. The lowest BCUT2D eigenvalue weighted by Crippen LogP contribution is -2.25. The van der Waals surface area contributed by atoms with Crippen LogP contribution in [0.5, 0.6) is 11.5 Å². The van der Waals surface area contributed by atoms with Crippen LogP contribution in [0.25, 0.3) is 0 Å². The topological polar surface area (TPSA) is 51.7 Å². The number of halogens is 1. The number of nitrogens with zero attached hydrogens (tertiary/aromatic N) is 2. The summed E-state index contributed by atoms with van der Waals surface area (Å²) in [6.07, 6.45) is 1.14. The van der Waals surface area contributed by atoms with Crippen molar-refractivity contribution in [3.63, 3.8) is 0 Å². The van der Waals surface area contributed by atoms with Gasteiger partial charge in [0.2, 0.25) is 0 Å². The molecular weight excluding hydrogens is 371 g/mol. The number of aromatic nitrogens is 1. The van der Waals surface area contributed by atoms with Crippen LogP contribution in [0.3, 0.4) is 0 Å². The number of ketones is 1. The van der Waals surface area contributed by atoms with Crippen molar-refractivity contribution >= 4 is 11.6 Å². The Morgan fingerprint density at radius 1 is 0.931 bits per heavy atom. The molecule has 0 spiro atoms. The average Bonchev–Trinajstić information content (AvgIpc) is 2.74. The van der Waals surface area contributed by atoms with Crippen LogP contribution >= 0.6 is 0 Å². The molecule has 0 saturated heterocycles. The molecule has 6 heteroatoms. The summed E-state index contributed by atoms with van der Waals surface area (Å²) in [4.78, 5) is 18.3. The molecular formula is C23H23FN2O3. The third-order valence-electron chi connectivity index (χ3n) is 4.58. The van der Waals surface area contributed by atoms with Crippen LogP contribution < -0.4 is 14.4 Å². The Kier molecular flexibility index (Phi) is 6.44. The second-order valence-corrected chi connectivity index (χ2v) is 6.63. The van der Waals surface area contributed by atoms with Gasteiger partial charge in [-0.05, 0) is 48.4 Å². The molecule has 0 saturated carbocycles. The molecule has 3 aromatic rings. The maximum absolute atomic E-state index is 13.7. The summed E-state index contributed by atoms with van der Waals surface area (Å²) in [5.74, 6) is 1.21. The fourth-order valence-electron chi connectivity index (χ4n) is 3.05. The van der Waals surface area contributed by atoms with E-state index in [2.05, 4.69) is 4.98 Å². The van der Waals surface area contributed by atoms with E-state index in [9.17, 15) is 9.18 Å². The summed E-state index contributed by atoms with van der Waals surface area (Å²) in [5.41, 5.74) is 2.28. The van der Waals surface area contributed by atoms with Gasteiger partial charge in [-0.1, -0.05) is 24.3 Å². The SMILES string of the molecule is COc1ccc(CN(Cc2ccc(OC)cc2)c2ncc(F)cc2C(C)=O)cc1. The number of Topliss-reactive ketones (excluding diaryl/α,β-unsaturated/α-hetero) is 1. The van der Waals surface area contributed by atoms with Crippen LogP contribution in [0.2, 0.25) is 0 Å². The summed E-state index contributed by atoms with van der Waals surface area (Å²) in [7, 11) is 3.24. The molecule has 1 aromatic heterocycles. The maximum atomic E-state index is 13.7. The lowest BCUT2D eigenvalue weighted by atomic mass is 10.1. The monoisotopic (exact) mass is 394 g/mol. The summed E-state index contributed by atoms with van der Waals surface area (Å²) in [6, 6.07) is 16.6. The first kappa shape index (κ1) is 20.3. The standard InChI is InChI=1S/C23H23FN2O3/c1-16(27)22-12-19(24)13-25-23(22)26(14-17-4-8-20(28-2)9-5-17)15-18-6-10-21(29-3)11-7-18/h4-13H,14-15H2,1-3H3. The zero-order chi connectivity index (χ0) is 20.8.